The van der Waals surface area contributed by atoms with E-state index in [4.69, 9.17) is 10.5 Å². The largest absolute Gasteiger partial charge is 0.503 e. The first kappa shape index (κ1) is 20.3. The molecule has 2 aliphatic carbocycles. The summed E-state index contributed by atoms with van der Waals surface area (Å²) >= 11 is 0. The Morgan fingerprint density at radius 3 is 2.73 bits per heavy atom. The van der Waals surface area contributed by atoms with Gasteiger partial charge in [-0.1, -0.05) is 13.0 Å². The number of aromatic hydroxyl groups is 1. The van der Waals surface area contributed by atoms with Gasteiger partial charge in [0.1, 0.15) is 17.2 Å². The predicted octanol–water partition coefficient (Wildman–Crippen LogP) is 1.55. The van der Waals surface area contributed by atoms with Gasteiger partial charge in [0.25, 0.3) is 11.8 Å². The molecule has 8 nitrogen and oxygen atoms in total. The molecule has 1 saturated heterocycles. The molecule has 3 heterocycles. The SMILES string of the molecule is C[C@@H](c1ccc(F)cc1F)C1C2C3CC(C21)N1C(=O)c2c(O)c(=O)c(C(N)=O)cn2CC1O3. The van der Waals surface area contributed by atoms with Crippen molar-refractivity contribution in [3.8, 4) is 5.75 Å². The Kier molecular flexibility index (Phi) is 4.09. The van der Waals surface area contributed by atoms with Crippen molar-refractivity contribution in [2.24, 2.45) is 23.5 Å². The van der Waals surface area contributed by atoms with E-state index in [1.54, 1.807) is 4.90 Å². The molecule has 3 N–H and O–H groups in total. The molecule has 1 aromatic heterocycles. The van der Waals surface area contributed by atoms with Gasteiger partial charge in [0.05, 0.1) is 12.6 Å². The summed E-state index contributed by atoms with van der Waals surface area (Å²) in [7, 11) is 0. The van der Waals surface area contributed by atoms with Crippen molar-refractivity contribution in [2.45, 2.75) is 44.2 Å². The number of rotatable bonds is 3. The number of fused-ring (bicyclic) bond motifs is 8. The molecule has 1 aromatic carbocycles. The smallest absolute Gasteiger partial charge is 0.276 e. The molecule has 7 atom stereocenters. The number of carbonyl (C=O) groups excluding carboxylic acids is 2. The predicted molar refractivity (Wildman–Crippen MR) is 109 cm³/mol. The second-order valence-electron chi connectivity index (χ2n) is 9.42. The number of hydrogen-bond acceptors (Lipinski definition) is 5. The van der Waals surface area contributed by atoms with E-state index in [-0.39, 0.29) is 48.1 Å². The molecule has 6 rings (SSSR count). The molecule has 0 spiro atoms. The second kappa shape index (κ2) is 6.63. The van der Waals surface area contributed by atoms with Crippen molar-refractivity contribution in [1.82, 2.24) is 9.47 Å². The lowest BCUT2D eigenvalue weighted by molar-refractivity contribution is -0.148. The van der Waals surface area contributed by atoms with Crippen LogP contribution >= 0.6 is 0 Å². The van der Waals surface area contributed by atoms with E-state index < -0.39 is 46.4 Å². The highest BCUT2D eigenvalue weighted by Crippen LogP contribution is 2.67. The van der Waals surface area contributed by atoms with Crippen molar-refractivity contribution in [2.75, 3.05) is 0 Å². The van der Waals surface area contributed by atoms with Gasteiger partial charge in [-0.2, -0.15) is 0 Å². The standard InChI is InChI=1S/C23H21F2N3O5/c1-8(10-3-2-9(24)4-12(10)25)16-17-13-5-14(18(16)17)33-15-7-27-6-11(22(26)31)20(29)21(30)19(27)23(32)28(13)15/h2-4,6,8,13-18,30H,5,7H2,1H3,(H2,26,31)/t8-,13?,14?,15?,16?,17?,18?/m0/s1. The van der Waals surface area contributed by atoms with Crippen molar-refractivity contribution in [3.63, 3.8) is 0 Å². The maximum atomic E-state index is 14.4. The van der Waals surface area contributed by atoms with Gasteiger partial charge in [-0.05, 0) is 41.7 Å². The van der Waals surface area contributed by atoms with Gasteiger partial charge in [0, 0.05) is 18.3 Å². The molecule has 6 unspecified atom stereocenters. The minimum atomic E-state index is -0.990. The van der Waals surface area contributed by atoms with Gasteiger partial charge in [0.15, 0.2) is 17.7 Å². The lowest BCUT2D eigenvalue weighted by atomic mass is 9.88. The summed E-state index contributed by atoms with van der Waals surface area (Å²) in [6.07, 6.45) is 1.09. The van der Waals surface area contributed by atoms with E-state index >= 15 is 0 Å². The van der Waals surface area contributed by atoms with Crippen LogP contribution in [0.25, 0.3) is 0 Å². The summed E-state index contributed by atoms with van der Waals surface area (Å²) in [6.45, 7) is 2.05. The number of primary amides is 1. The third-order valence-corrected chi connectivity index (χ3v) is 7.88. The average molecular weight is 457 g/mol. The van der Waals surface area contributed by atoms with Gasteiger partial charge < -0.3 is 25.0 Å². The number of amides is 2. The molecule has 4 aliphatic rings. The zero-order valence-corrected chi connectivity index (χ0v) is 17.6. The zero-order valence-electron chi connectivity index (χ0n) is 17.6. The van der Waals surface area contributed by atoms with Gasteiger partial charge in [-0.15, -0.1) is 0 Å². The van der Waals surface area contributed by atoms with Crippen LogP contribution in [0.1, 0.15) is 45.7 Å². The van der Waals surface area contributed by atoms with Crippen LogP contribution in [0.15, 0.2) is 29.2 Å². The average Bonchev–Trinajstić information content (AvgIpc) is 3.43. The molecule has 172 valence electrons. The van der Waals surface area contributed by atoms with Crippen LogP contribution in [0.5, 0.6) is 5.75 Å². The third-order valence-electron chi connectivity index (χ3n) is 7.88. The maximum Gasteiger partial charge on any atom is 0.276 e. The summed E-state index contributed by atoms with van der Waals surface area (Å²) in [5, 5.41) is 10.4. The highest BCUT2D eigenvalue weighted by atomic mass is 19.1. The van der Waals surface area contributed by atoms with E-state index in [0.29, 0.717) is 12.0 Å². The summed E-state index contributed by atoms with van der Waals surface area (Å²) in [4.78, 5) is 38.9. The van der Waals surface area contributed by atoms with Crippen molar-refractivity contribution in [1.29, 1.82) is 0 Å². The Hall–Kier alpha value is -3.27. The molecular weight excluding hydrogens is 436 g/mol. The number of aromatic nitrogens is 1. The van der Waals surface area contributed by atoms with Gasteiger partial charge in [0.2, 0.25) is 5.43 Å². The number of hydrogen-bond donors (Lipinski definition) is 2. The first-order chi connectivity index (χ1) is 15.7. The molecule has 2 amide bonds. The highest BCUT2D eigenvalue weighted by molar-refractivity contribution is 5.99. The molecule has 2 saturated carbocycles. The van der Waals surface area contributed by atoms with Crippen LogP contribution < -0.4 is 11.2 Å². The van der Waals surface area contributed by atoms with Gasteiger partial charge in [-0.3, -0.25) is 14.4 Å². The minimum Gasteiger partial charge on any atom is -0.503 e. The van der Waals surface area contributed by atoms with Crippen molar-refractivity contribution >= 4 is 11.8 Å². The number of ether oxygens (including phenoxy) is 1. The van der Waals surface area contributed by atoms with E-state index in [1.807, 2.05) is 6.92 Å². The Bertz CT molecular complexity index is 1290. The summed E-state index contributed by atoms with van der Waals surface area (Å²) in [6, 6.07) is 3.41. The lowest BCUT2D eigenvalue weighted by Gasteiger charge is -2.46. The Morgan fingerprint density at radius 1 is 1.27 bits per heavy atom. The molecule has 0 radical (unpaired) electrons. The van der Waals surface area contributed by atoms with Crippen LogP contribution in [0.4, 0.5) is 8.78 Å². The Balaban J connectivity index is 1.33. The quantitative estimate of drug-likeness (QED) is 0.726. The number of halogens is 2. The topological polar surface area (TPSA) is 115 Å². The molecule has 2 bridgehead atoms. The highest BCUT2D eigenvalue weighted by Gasteiger charge is 2.70. The number of pyridine rings is 1. The fraction of sp³-hybridized carbons (Fsp3) is 0.435. The number of nitrogens with two attached hydrogens (primary N) is 1. The van der Waals surface area contributed by atoms with Crippen LogP contribution in [0, 0.1) is 29.4 Å². The molecular formula is C23H21F2N3O5. The van der Waals surface area contributed by atoms with Crippen molar-refractivity contribution in [3.05, 3.63) is 63.1 Å². The van der Waals surface area contributed by atoms with Crippen LogP contribution in [-0.2, 0) is 11.3 Å². The first-order valence-corrected chi connectivity index (χ1v) is 10.9. The Labute approximate surface area is 186 Å². The first-order valence-electron chi connectivity index (χ1n) is 10.9. The number of nitrogens with zero attached hydrogens (tertiary/aromatic N) is 2. The normalized spacial score (nSPS) is 32.1. The van der Waals surface area contributed by atoms with Crippen LogP contribution in [-0.4, -0.2) is 44.8 Å². The molecule has 2 aliphatic heterocycles. The van der Waals surface area contributed by atoms with E-state index in [9.17, 15) is 28.3 Å². The molecule has 10 heteroatoms. The number of benzene rings is 1. The minimum absolute atomic E-state index is 0.0671. The van der Waals surface area contributed by atoms with Crippen molar-refractivity contribution < 1.29 is 28.2 Å². The monoisotopic (exact) mass is 457 g/mol. The summed E-state index contributed by atoms with van der Waals surface area (Å²) in [5.74, 6) is -3.48. The molecule has 2 aromatic rings. The Morgan fingerprint density at radius 2 is 2.03 bits per heavy atom. The molecule has 3 fully saturated rings. The van der Waals surface area contributed by atoms with Gasteiger partial charge in [-0.25, -0.2) is 8.78 Å². The van der Waals surface area contributed by atoms with Crippen LogP contribution in [0.2, 0.25) is 0 Å². The lowest BCUT2D eigenvalue weighted by Crippen LogP contribution is -2.59. The van der Waals surface area contributed by atoms with E-state index in [1.165, 1.54) is 22.9 Å². The fourth-order valence-electron chi connectivity index (χ4n) is 6.51. The fourth-order valence-corrected chi connectivity index (χ4v) is 6.51. The van der Waals surface area contributed by atoms with Gasteiger partial charge >= 0.3 is 0 Å². The summed E-state index contributed by atoms with van der Waals surface area (Å²) in [5.41, 5.74) is 4.10. The van der Waals surface area contributed by atoms with E-state index in [0.717, 1.165) is 6.07 Å². The third kappa shape index (κ3) is 2.67. The van der Waals surface area contributed by atoms with Crippen LogP contribution in [0.3, 0.4) is 0 Å². The molecule has 33 heavy (non-hydrogen) atoms. The maximum absolute atomic E-state index is 14.4. The second-order valence-corrected chi connectivity index (χ2v) is 9.42. The number of carbonyl (C=O) groups is 2. The van der Waals surface area contributed by atoms with E-state index in [2.05, 4.69) is 0 Å². The summed E-state index contributed by atoms with van der Waals surface area (Å²) < 4.78 is 35.4. The zero-order chi connectivity index (χ0) is 23.3.